The second-order valence-electron chi connectivity index (χ2n) is 5.76. The number of likely N-dealkylation sites (N-methyl/N-ethyl adjacent to an activating group) is 1. The van der Waals surface area contributed by atoms with Crippen LogP contribution in [0.1, 0.15) is 24.0 Å². The van der Waals surface area contributed by atoms with Crippen molar-refractivity contribution in [3.05, 3.63) is 35.1 Å². The largest absolute Gasteiger partial charge is 0.379 e. The van der Waals surface area contributed by atoms with Crippen LogP contribution in [0.2, 0.25) is 0 Å². The number of aliphatic imine (C=N–C) groups is 1. The van der Waals surface area contributed by atoms with Crippen molar-refractivity contribution in [1.82, 2.24) is 10.2 Å². The fourth-order valence-corrected chi connectivity index (χ4v) is 2.18. The molecule has 1 aromatic rings. The third kappa shape index (κ3) is 5.53. The molecule has 1 aromatic carbocycles. The van der Waals surface area contributed by atoms with Gasteiger partial charge in [-0.15, -0.1) is 0 Å². The van der Waals surface area contributed by atoms with E-state index in [-0.39, 0.29) is 12.4 Å². The van der Waals surface area contributed by atoms with Gasteiger partial charge in [-0.05, 0) is 37.0 Å². The summed E-state index contributed by atoms with van der Waals surface area (Å²) in [4.78, 5) is 6.13. The molecule has 0 bridgehead atoms. The van der Waals surface area contributed by atoms with Gasteiger partial charge in [0.2, 0.25) is 0 Å². The van der Waals surface area contributed by atoms with Crippen LogP contribution in [-0.2, 0) is 11.3 Å². The van der Waals surface area contributed by atoms with Crippen molar-refractivity contribution in [1.29, 1.82) is 5.26 Å². The van der Waals surface area contributed by atoms with E-state index in [9.17, 15) is 4.39 Å². The zero-order valence-electron chi connectivity index (χ0n) is 13.7. The van der Waals surface area contributed by atoms with Gasteiger partial charge in [-0.1, -0.05) is 0 Å². The lowest BCUT2D eigenvalue weighted by atomic mass is 10.1. The van der Waals surface area contributed by atoms with E-state index >= 15 is 0 Å². The van der Waals surface area contributed by atoms with Crippen molar-refractivity contribution >= 4 is 5.96 Å². The quantitative estimate of drug-likeness (QED) is 0.475. The Morgan fingerprint density at radius 3 is 2.96 bits per heavy atom. The van der Waals surface area contributed by atoms with Gasteiger partial charge in [0.25, 0.3) is 0 Å². The number of nitrogens with zero attached hydrogens (tertiary/aromatic N) is 3. The minimum absolute atomic E-state index is 0.279. The van der Waals surface area contributed by atoms with Crippen LogP contribution in [0, 0.1) is 23.1 Å². The zero-order chi connectivity index (χ0) is 16.7. The first-order chi connectivity index (χ1) is 11.1. The monoisotopic (exact) mass is 318 g/mol. The van der Waals surface area contributed by atoms with Crippen molar-refractivity contribution in [3.8, 4) is 6.07 Å². The summed E-state index contributed by atoms with van der Waals surface area (Å²) in [6.07, 6.45) is 2.57. The highest BCUT2D eigenvalue weighted by molar-refractivity contribution is 5.79. The molecule has 1 N–H and O–H groups in total. The van der Waals surface area contributed by atoms with Crippen molar-refractivity contribution in [2.75, 3.05) is 33.9 Å². The van der Waals surface area contributed by atoms with Gasteiger partial charge in [-0.3, -0.25) is 4.99 Å². The van der Waals surface area contributed by atoms with E-state index in [1.165, 1.54) is 25.0 Å². The molecule has 5 nitrogen and oxygen atoms in total. The summed E-state index contributed by atoms with van der Waals surface area (Å²) in [5.74, 6) is 1.09. The lowest BCUT2D eigenvalue weighted by molar-refractivity contribution is 0.115. The lowest BCUT2D eigenvalue weighted by Gasteiger charge is -2.22. The number of hydrogen-bond acceptors (Lipinski definition) is 3. The van der Waals surface area contributed by atoms with Crippen LogP contribution in [-0.4, -0.2) is 44.7 Å². The molecule has 0 atom stereocenters. The average Bonchev–Trinajstić information content (AvgIpc) is 3.38. The van der Waals surface area contributed by atoms with Crippen LogP contribution in [0.3, 0.4) is 0 Å². The highest BCUT2D eigenvalue weighted by atomic mass is 19.1. The molecule has 124 valence electrons. The Morgan fingerprint density at radius 2 is 2.30 bits per heavy atom. The molecule has 0 spiro atoms. The number of benzene rings is 1. The summed E-state index contributed by atoms with van der Waals surface area (Å²) >= 11 is 0. The van der Waals surface area contributed by atoms with Crippen LogP contribution in [0.25, 0.3) is 0 Å². The molecule has 2 rings (SSSR count). The smallest absolute Gasteiger partial charge is 0.193 e. The number of rotatable bonds is 7. The Morgan fingerprint density at radius 1 is 1.52 bits per heavy atom. The fraction of sp³-hybridized carbons (Fsp3) is 0.529. The number of nitrogens with one attached hydrogen (secondary N) is 1. The van der Waals surface area contributed by atoms with Crippen molar-refractivity contribution in [3.63, 3.8) is 0 Å². The SMILES string of the molecule is CN=C(NCc1cc(C#N)ccc1F)N(C)CCOCC1CC1. The summed E-state index contributed by atoms with van der Waals surface area (Å²) < 4.78 is 19.4. The maximum atomic E-state index is 13.8. The molecule has 0 saturated heterocycles. The van der Waals surface area contributed by atoms with Crippen molar-refractivity contribution in [2.45, 2.75) is 19.4 Å². The molecule has 0 radical (unpaired) electrons. The molecule has 0 heterocycles. The van der Waals surface area contributed by atoms with E-state index in [0.29, 0.717) is 30.2 Å². The summed E-state index contributed by atoms with van der Waals surface area (Å²) in [6, 6.07) is 6.35. The summed E-state index contributed by atoms with van der Waals surface area (Å²) in [6.45, 7) is 2.48. The van der Waals surface area contributed by atoms with Crippen LogP contribution < -0.4 is 5.32 Å². The molecule has 1 aliphatic rings. The molecular weight excluding hydrogens is 295 g/mol. The first-order valence-electron chi connectivity index (χ1n) is 7.82. The van der Waals surface area contributed by atoms with E-state index in [1.807, 2.05) is 18.0 Å². The van der Waals surface area contributed by atoms with E-state index < -0.39 is 0 Å². The molecule has 6 heteroatoms. The Bertz CT molecular complexity index is 593. The van der Waals surface area contributed by atoms with E-state index in [1.54, 1.807) is 13.1 Å². The second-order valence-corrected chi connectivity index (χ2v) is 5.76. The normalized spacial score (nSPS) is 14.4. The lowest BCUT2D eigenvalue weighted by Crippen LogP contribution is -2.40. The number of nitriles is 1. The van der Waals surface area contributed by atoms with Crippen LogP contribution in [0.15, 0.2) is 23.2 Å². The predicted molar refractivity (Wildman–Crippen MR) is 87.5 cm³/mol. The molecule has 0 amide bonds. The first-order valence-corrected chi connectivity index (χ1v) is 7.82. The summed E-state index contributed by atoms with van der Waals surface area (Å²) in [7, 11) is 3.60. The molecule has 1 fully saturated rings. The molecule has 23 heavy (non-hydrogen) atoms. The molecule has 1 saturated carbocycles. The van der Waals surface area contributed by atoms with Gasteiger partial charge in [-0.25, -0.2) is 4.39 Å². The van der Waals surface area contributed by atoms with Crippen molar-refractivity contribution in [2.24, 2.45) is 10.9 Å². The van der Waals surface area contributed by atoms with Crippen LogP contribution in [0.4, 0.5) is 4.39 Å². The average molecular weight is 318 g/mol. The molecule has 1 aliphatic carbocycles. The third-order valence-electron chi connectivity index (χ3n) is 3.81. The highest BCUT2D eigenvalue weighted by Gasteiger charge is 2.21. The van der Waals surface area contributed by atoms with Crippen molar-refractivity contribution < 1.29 is 9.13 Å². The predicted octanol–water partition coefficient (Wildman–Crippen LogP) is 2.13. The number of hydrogen-bond donors (Lipinski definition) is 1. The Kier molecular flexibility index (Phi) is 6.36. The summed E-state index contributed by atoms with van der Waals surface area (Å²) in [5.41, 5.74) is 0.892. The van der Waals surface area contributed by atoms with Gasteiger partial charge in [-0.2, -0.15) is 5.26 Å². The van der Waals surface area contributed by atoms with Crippen LogP contribution in [0.5, 0.6) is 0 Å². The number of ether oxygens (including phenoxy) is 1. The third-order valence-corrected chi connectivity index (χ3v) is 3.81. The topological polar surface area (TPSA) is 60.7 Å². The Labute approximate surface area is 136 Å². The van der Waals surface area contributed by atoms with E-state index in [2.05, 4.69) is 10.3 Å². The van der Waals surface area contributed by atoms with Crippen LogP contribution >= 0.6 is 0 Å². The zero-order valence-corrected chi connectivity index (χ0v) is 13.7. The molecular formula is C17H23FN4O. The minimum Gasteiger partial charge on any atom is -0.379 e. The van der Waals surface area contributed by atoms with E-state index in [4.69, 9.17) is 10.00 Å². The molecule has 0 aromatic heterocycles. The Hall–Kier alpha value is -2.13. The molecule has 0 unspecified atom stereocenters. The van der Waals surface area contributed by atoms with Gasteiger partial charge in [0.05, 0.1) is 18.2 Å². The van der Waals surface area contributed by atoms with Gasteiger partial charge >= 0.3 is 0 Å². The van der Waals surface area contributed by atoms with Gasteiger partial charge in [0.15, 0.2) is 5.96 Å². The minimum atomic E-state index is -0.331. The van der Waals surface area contributed by atoms with Gasteiger partial charge in [0.1, 0.15) is 5.82 Å². The number of guanidine groups is 1. The van der Waals surface area contributed by atoms with Gasteiger partial charge in [0, 0.05) is 39.4 Å². The maximum absolute atomic E-state index is 13.8. The standard InChI is InChI=1S/C17H23FN4O/c1-20-17(22(2)7-8-23-12-13-3-4-13)21-11-15-9-14(10-19)5-6-16(15)18/h5-6,9,13H,3-4,7-8,11-12H2,1-2H3,(H,20,21). The van der Waals surface area contributed by atoms with Gasteiger partial charge < -0.3 is 15.0 Å². The maximum Gasteiger partial charge on any atom is 0.193 e. The number of halogens is 1. The highest BCUT2D eigenvalue weighted by Crippen LogP contribution is 2.28. The second kappa shape index (κ2) is 8.49. The first kappa shape index (κ1) is 17.2. The van der Waals surface area contributed by atoms with E-state index in [0.717, 1.165) is 12.5 Å². The Balaban J connectivity index is 1.80. The molecule has 0 aliphatic heterocycles. The fourth-order valence-electron chi connectivity index (χ4n) is 2.18. The summed E-state index contributed by atoms with van der Waals surface area (Å²) in [5, 5.41) is 12.0.